The number of hydrogen-bond donors (Lipinski definition) is 1. The number of nitrogens with zero attached hydrogens (tertiary/aromatic N) is 1. The van der Waals surface area contributed by atoms with E-state index in [1.165, 1.54) is 0 Å². The SMILES string of the molecule is CCCCS(=O)(=O)C1CCC(NC(=O)c2cc(C3CC3)on2)CC1. The second-order valence-electron chi connectivity index (χ2n) is 7.06. The summed E-state index contributed by atoms with van der Waals surface area (Å²) in [6, 6.07) is 1.75. The van der Waals surface area contributed by atoms with Crippen molar-refractivity contribution in [2.45, 2.75) is 75.5 Å². The van der Waals surface area contributed by atoms with Gasteiger partial charge in [-0.15, -0.1) is 0 Å². The van der Waals surface area contributed by atoms with E-state index >= 15 is 0 Å². The second-order valence-corrected chi connectivity index (χ2v) is 9.46. The predicted octanol–water partition coefficient (Wildman–Crippen LogP) is 2.81. The molecule has 1 aromatic heterocycles. The van der Waals surface area contributed by atoms with E-state index in [9.17, 15) is 13.2 Å². The minimum atomic E-state index is -2.99. The first kappa shape index (κ1) is 17.5. The second kappa shape index (κ2) is 7.25. The Morgan fingerprint density at radius 2 is 1.96 bits per heavy atom. The fourth-order valence-electron chi connectivity index (χ4n) is 3.29. The lowest BCUT2D eigenvalue weighted by Gasteiger charge is -2.28. The summed E-state index contributed by atoms with van der Waals surface area (Å²) in [5.41, 5.74) is 0.328. The first-order valence-corrected chi connectivity index (χ1v) is 10.7. The molecule has 1 heterocycles. The standard InChI is InChI=1S/C17H26N2O4S/c1-2-3-10-24(21,22)14-8-6-13(7-9-14)18-17(20)15-11-16(23-19-15)12-4-5-12/h11-14H,2-10H2,1H3,(H,18,20). The molecule has 1 N–H and O–H groups in total. The van der Waals surface area contributed by atoms with Crippen molar-refractivity contribution in [2.75, 3.05) is 5.75 Å². The number of hydrogen-bond acceptors (Lipinski definition) is 5. The lowest BCUT2D eigenvalue weighted by Crippen LogP contribution is -2.40. The van der Waals surface area contributed by atoms with E-state index in [0.29, 0.717) is 37.3 Å². The zero-order chi connectivity index (χ0) is 17.2. The number of sulfone groups is 1. The van der Waals surface area contributed by atoms with E-state index in [1.807, 2.05) is 6.92 Å². The molecule has 2 saturated carbocycles. The number of carbonyl (C=O) groups is 1. The third-order valence-corrected chi connectivity index (χ3v) is 7.39. The first-order valence-electron chi connectivity index (χ1n) is 8.98. The van der Waals surface area contributed by atoms with Crippen LogP contribution in [0.3, 0.4) is 0 Å². The number of carbonyl (C=O) groups excluding carboxylic acids is 1. The molecule has 3 rings (SSSR count). The van der Waals surface area contributed by atoms with Gasteiger partial charge in [0.2, 0.25) is 0 Å². The van der Waals surface area contributed by atoms with Gasteiger partial charge in [0, 0.05) is 18.0 Å². The van der Waals surface area contributed by atoms with Crippen LogP contribution < -0.4 is 5.32 Å². The van der Waals surface area contributed by atoms with Crippen LogP contribution in [-0.4, -0.2) is 36.5 Å². The van der Waals surface area contributed by atoms with E-state index in [0.717, 1.165) is 31.4 Å². The van der Waals surface area contributed by atoms with Gasteiger partial charge < -0.3 is 9.84 Å². The summed E-state index contributed by atoms with van der Waals surface area (Å²) in [4.78, 5) is 12.2. The molecule has 2 aliphatic carbocycles. The van der Waals surface area contributed by atoms with Crippen molar-refractivity contribution in [3.8, 4) is 0 Å². The van der Waals surface area contributed by atoms with Gasteiger partial charge in [-0.3, -0.25) is 4.79 Å². The third kappa shape index (κ3) is 4.18. The largest absolute Gasteiger partial charge is 0.360 e. The van der Waals surface area contributed by atoms with Crippen LogP contribution in [0.25, 0.3) is 0 Å². The Morgan fingerprint density at radius 3 is 2.58 bits per heavy atom. The van der Waals surface area contributed by atoms with Crippen molar-refractivity contribution in [2.24, 2.45) is 0 Å². The molecule has 0 bridgehead atoms. The third-order valence-electron chi connectivity index (χ3n) is 5.04. The van der Waals surface area contributed by atoms with Crippen LogP contribution in [-0.2, 0) is 9.84 Å². The molecule has 1 amide bonds. The van der Waals surface area contributed by atoms with Crippen LogP contribution in [0.4, 0.5) is 0 Å². The normalized spacial score (nSPS) is 24.7. The fraction of sp³-hybridized carbons (Fsp3) is 0.765. The van der Waals surface area contributed by atoms with E-state index in [-0.39, 0.29) is 23.0 Å². The highest BCUT2D eigenvalue weighted by atomic mass is 32.2. The van der Waals surface area contributed by atoms with Crippen LogP contribution >= 0.6 is 0 Å². The van der Waals surface area contributed by atoms with Crippen molar-refractivity contribution in [1.29, 1.82) is 0 Å². The Bertz CT molecular complexity index is 671. The van der Waals surface area contributed by atoms with E-state index < -0.39 is 9.84 Å². The summed E-state index contributed by atoms with van der Waals surface area (Å²) in [6.07, 6.45) is 6.50. The number of aromatic nitrogens is 1. The van der Waals surface area contributed by atoms with Crippen molar-refractivity contribution < 1.29 is 17.7 Å². The molecule has 7 heteroatoms. The average molecular weight is 354 g/mol. The number of amides is 1. The van der Waals surface area contributed by atoms with Crippen LogP contribution in [0.5, 0.6) is 0 Å². The highest BCUT2D eigenvalue weighted by molar-refractivity contribution is 7.92. The molecule has 134 valence electrons. The van der Waals surface area contributed by atoms with Crippen LogP contribution in [0.1, 0.15) is 80.5 Å². The molecule has 2 aliphatic rings. The summed E-state index contributed by atoms with van der Waals surface area (Å²) >= 11 is 0. The highest BCUT2D eigenvalue weighted by Crippen LogP contribution is 2.40. The maximum absolute atomic E-state index is 12.3. The minimum Gasteiger partial charge on any atom is -0.360 e. The monoisotopic (exact) mass is 354 g/mol. The molecule has 1 aromatic rings. The molecule has 0 saturated heterocycles. The summed E-state index contributed by atoms with van der Waals surface area (Å²) in [5, 5.41) is 6.57. The lowest BCUT2D eigenvalue weighted by atomic mass is 9.95. The van der Waals surface area contributed by atoms with E-state index in [1.54, 1.807) is 6.07 Å². The molecule has 0 unspecified atom stereocenters. The highest BCUT2D eigenvalue weighted by Gasteiger charge is 2.32. The number of nitrogens with one attached hydrogen (secondary N) is 1. The van der Waals surface area contributed by atoms with Gasteiger partial charge >= 0.3 is 0 Å². The Labute approximate surface area is 143 Å². The molecule has 0 aliphatic heterocycles. The number of rotatable bonds is 7. The van der Waals surface area contributed by atoms with Crippen molar-refractivity contribution in [1.82, 2.24) is 10.5 Å². The Balaban J connectivity index is 1.48. The molecule has 6 nitrogen and oxygen atoms in total. The van der Waals surface area contributed by atoms with Gasteiger partial charge in [-0.2, -0.15) is 0 Å². The van der Waals surface area contributed by atoms with Gasteiger partial charge in [0.1, 0.15) is 5.76 Å². The van der Waals surface area contributed by atoms with Crippen molar-refractivity contribution in [3.63, 3.8) is 0 Å². The van der Waals surface area contributed by atoms with Crippen LogP contribution in [0.15, 0.2) is 10.6 Å². The predicted molar refractivity (Wildman–Crippen MR) is 90.7 cm³/mol. The molecular formula is C17H26N2O4S. The van der Waals surface area contributed by atoms with E-state index in [2.05, 4.69) is 10.5 Å². The Hall–Kier alpha value is -1.37. The molecule has 2 fully saturated rings. The molecule has 0 radical (unpaired) electrons. The maximum Gasteiger partial charge on any atom is 0.273 e. The average Bonchev–Trinajstić information content (AvgIpc) is 3.30. The van der Waals surface area contributed by atoms with Crippen LogP contribution in [0, 0.1) is 0 Å². The summed E-state index contributed by atoms with van der Waals surface area (Å²) in [5.74, 6) is 1.30. The Kier molecular flexibility index (Phi) is 5.27. The zero-order valence-electron chi connectivity index (χ0n) is 14.2. The molecule has 0 spiro atoms. The smallest absolute Gasteiger partial charge is 0.273 e. The molecule has 0 atom stereocenters. The van der Waals surface area contributed by atoms with Gasteiger partial charge in [0.25, 0.3) is 5.91 Å². The van der Waals surface area contributed by atoms with E-state index in [4.69, 9.17) is 4.52 Å². The topological polar surface area (TPSA) is 89.3 Å². The fourth-order valence-corrected chi connectivity index (χ4v) is 5.31. The summed E-state index contributed by atoms with van der Waals surface area (Å²) in [6.45, 7) is 2.00. The molecule has 0 aromatic carbocycles. The summed E-state index contributed by atoms with van der Waals surface area (Å²) < 4.78 is 29.7. The number of unbranched alkanes of at least 4 members (excludes halogenated alkanes) is 1. The zero-order valence-corrected chi connectivity index (χ0v) is 15.0. The maximum atomic E-state index is 12.3. The van der Waals surface area contributed by atoms with Gasteiger partial charge in [-0.25, -0.2) is 8.42 Å². The minimum absolute atomic E-state index is 0.0243. The van der Waals surface area contributed by atoms with Crippen LogP contribution in [0.2, 0.25) is 0 Å². The van der Waals surface area contributed by atoms with Crippen molar-refractivity contribution in [3.05, 3.63) is 17.5 Å². The van der Waals surface area contributed by atoms with Crippen molar-refractivity contribution >= 4 is 15.7 Å². The molecule has 24 heavy (non-hydrogen) atoms. The summed E-state index contributed by atoms with van der Waals surface area (Å²) in [7, 11) is -2.99. The molecular weight excluding hydrogens is 328 g/mol. The van der Waals surface area contributed by atoms with Gasteiger partial charge in [-0.1, -0.05) is 18.5 Å². The van der Waals surface area contributed by atoms with Gasteiger partial charge in [0.15, 0.2) is 15.5 Å². The Morgan fingerprint density at radius 1 is 1.25 bits per heavy atom. The quantitative estimate of drug-likeness (QED) is 0.813. The first-order chi connectivity index (χ1) is 11.5. The van der Waals surface area contributed by atoms with Gasteiger partial charge in [0.05, 0.1) is 11.0 Å². The van der Waals surface area contributed by atoms with Gasteiger partial charge in [-0.05, 0) is 44.9 Å². The lowest BCUT2D eigenvalue weighted by molar-refractivity contribution is 0.0918.